The van der Waals surface area contributed by atoms with Crippen LogP contribution in [-0.4, -0.2) is 70.3 Å². The van der Waals surface area contributed by atoms with Crippen LogP contribution >= 0.6 is 11.8 Å². The number of carbonyl (C=O) groups excluding carboxylic acids is 2. The Morgan fingerprint density at radius 1 is 1.18 bits per heavy atom. The van der Waals surface area contributed by atoms with Crippen molar-refractivity contribution in [3.05, 3.63) is 6.20 Å². The Hall–Kier alpha value is -2.40. The number of carbonyl (C=O) groups is 2. The van der Waals surface area contributed by atoms with Crippen molar-refractivity contribution >= 4 is 40.5 Å². The van der Waals surface area contributed by atoms with Crippen molar-refractivity contribution in [2.75, 3.05) is 44.0 Å². The molecule has 0 atom stereocenters. The number of fused-ring (bicyclic) bond motifs is 1. The van der Waals surface area contributed by atoms with Gasteiger partial charge in [0.25, 0.3) is 0 Å². The normalized spacial score (nSPS) is 10.8. The number of ether oxygens (including phenoxy) is 2. The number of esters is 1. The summed E-state index contributed by atoms with van der Waals surface area (Å²) in [6.45, 7) is 8.22. The van der Waals surface area contributed by atoms with E-state index in [9.17, 15) is 9.59 Å². The number of aromatic nitrogens is 4. The van der Waals surface area contributed by atoms with Gasteiger partial charge in [-0.15, -0.1) is 0 Å². The topological polar surface area (TPSA) is 120 Å². The average molecular weight is 411 g/mol. The van der Waals surface area contributed by atoms with Gasteiger partial charge in [-0.05, 0) is 19.6 Å². The van der Waals surface area contributed by atoms with Gasteiger partial charge in [-0.25, -0.2) is 19.4 Å². The van der Waals surface area contributed by atoms with Gasteiger partial charge in [0.1, 0.15) is 5.82 Å². The second kappa shape index (κ2) is 11.4. The minimum Gasteiger partial charge on any atom is -0.459 e. The van der Waals surface area contributed by atoms with Crippen molar-refractivity contribution in [3.8, 4) is 0 Å². The molecule has 0 spiro atoms. The van der Waals surface area contributed by atoms with Crippen molar-refractivity contribution in [2.24, 2.45) is 0 Å². The number of rotatable bonds is 11. The SMILES string of the molecule is CCOCCNc1nc(SCC)nc2c1cnn2CCNC(=O)C(=O)OCC. The van der Waals surface area contributed by atoms with Gasteiger partial charge in [0.2, 0.25) is 0 Å². The van der Waals surface area contributed by atoms with Gasteiger partial charge >= 0.3 is 11.9 Å². The summed E-state index contributed by atoms with van der Waals surface area (Å²) in [5.74, 6) is -0.123. The van der Waals surface area contributed by atoms with Gasteiger partial charge in [0.15, 0.2) is 10.8 Å². The van der Waals surface area contributed by atoms with Crippen LogP contribution < -0.4 is 10.6 Å². The summed E-state index contributed by atoms with van der Waals surface area (Å²) < 4.78 is 11.7. The molecule has 2 aromatic rings. The molecule has 0 bridgehead atoms. The molecule has 0 saturated heterocycles. The summed E-state index contributed by atoms with van der Waals surface area (Å²) in [7, 11) is 0. The van der Waals surface area contributed by atoms with Gasteiger partial charge in [-0.3, -0.25) is 4.79 Å². The quantitative estimate of drug-likeness (QED) is 0.184. The molecule has 2 aromatic heterocycles. The van der Waals surface area contributed by atoms with Gasteiger partial charge in [0, 0.05) is 19.7 Å². The van der Waals surface area contributed by atoms with E-state index < -0.39 is 11.9 Å². The molecule has 0 aliphatic heterocycles. The largest absolute Gasteiger partial charge is 0.459 e. The predicted molar refractivity (Wildman–Crippen MR) is 106 cm³/mol. The lowest BCUT2D eigenvalue weighted by molar-refractivity contribution is -0.154. The maximum absolute atomic E-state index is 11.6. The molecule has 0 fully saturated rings. The molecule has 0 radical (unpaired) electrons. The van der Waals surface area contributed by atoms with Crippen molar-refractivity contribution in [2.45, 2.75) is 32.5 Å². The number of hydrogen-bond donors (Lipinski definition) is 2. The van der Waals surface area contributed by atoms with Crippen LogP contribution in [0.2, 0.25) is 0 Å². The predicted octanol–water partition coefficient (Wildman–Crippen LogP) is 1.07. The van der Waals surface area contributed by atoms with Crippen molar-refractivity contribution < 1.29 is 19.1 Å². The van der Waals surface area contributed by atoms with Crippen LogP contribution in [0.15, 0.2) is 11.4 Å². The summed E-state index contributed by atoms with van der Waals surface area (Å²) in [5.41, 5.74) is 0.662. The molecule has 28 heavy (non-hydrogen) atoms. The first-order chi connectivity index (χ1) is 13.6. The highest BCUT2D eigenvalue weighted by atomic mass is 32.2. The second-order valence-corrected chi connectivity index (χ2v) is 6.72. The summed E-state index contributed by atoms with van der Waals surface area (Å²) in [4.78, 5) is 32.1. The number of nitrogens with zero attached hydrogens (tertiary/aromatic N) is 4. The zero-order valence-corrected chi connectivity index (χ0v) is 17.2. The smallest absolute Gasteiger partial charge is 0.396 e. The number of hydrogen-bond acceptors (Lipinski definition) is 9. The molecule has 11 heteroatoms. The highest BCUT2D eigenvalue weighted by molar-refractivity contribution is 7.99. The summed E-state index contributed by atoms with van der Waals surface area (Å²) >= 11 is 1.53. The van der Waals surface area contributed by atoms with E-state index in [1.807, 2.05) is 13.8 Å². The van der Waals surface area contributed by atoms with E-state index >= 15 is 0 Å². The van der Waals surface area contributed by atoms with Crippen LogP contribution in [0.1, 0.15) is 20.8 Å². The summed E-state index contributed by atoms with van der Waals surface area (Å²) in [6, 6.07) is 0. The minimum atomic E-state index is -0.891. The van der Waals surface area contributed by atoms with Gasteiger partial charge in [-0.2, -0.15) is 5.10 Å². The fraction of sp³-hybridized carbons (Fsp3) is 0.588. The second-order valence-electron chi connectivity index (χ2n) is 5.49. The lowest BCUT2D eigenvalue weighted by Crippen LogP contribution is -2.34. The maximum atomic E-state index is 11.6. The van der Waals surface area contributed by atoms with Crippen molar-refractivity contribution in [1.82, 2.24) is 25.1 Å². The highest BCUT2D eigenvalue weighted by Gasteiger charge is 2.16. The van der Waals surface area contributed by atoms with E-state index in [1.165, 1.54) is 11.8 Å². The zero-order valence-electron chi connectivity index (χ0n) is 16.4. The first-order valence-electron chi connectivity index (χ1n) is 9.23. The van der Waals surface area contributed by atoms with Crippen LogP contribution in [0.25, 0.3) is 11.0 Å². The molecule has 154 valence electrons. The monoisotopic (exact) mass is 410 g/mol. The van der Waals surface area contributed by atoms with E-state index in [4.69, 9.17) is 4.74 Å². The van der Waals surface area contributed by atoms with Gasteiger partial charge in [0.05, 0.1) is 31.3 Å². The Morgan fingerprint density at radius 2 is 2.00 bits per heavy atom. The number of nitrogens with one attached hydrogen (secondary N) is 2. The Kier molecular flexibility index (Phi) is 8.95. The van der Waals surface area contributed by atoms with Crippen LogP contribution in [-0.2, 0) is 25.6 Å². The Labute approximate surface area is 167 Å². The fourth-order valence-electron chi connectivity index (χ4n) is 2.36. The molecule has 0 unspecified atom stereocenters. The summed E-state index contributed by atoms with van der Waals surface area (Å²) in [6.07, 6.45) is 1.69. The first-order valence-corrected chi connectivity index (χ1v) is 10.2. The molecule has 0 aromatic carbocycles. The molecular weight excluding hydrogens is 384 g/mol. The van der Waals surface area contributed by atoms with E-state index in [-0.39, 0.29) is 13.2 Å². The Morgan fingerprint density at radius 3 is 2.71 bits per heavy atom. The standard InChI is InChI=1S/C17H26N6O4S/c1-4-26-10-8-18-13-12-11-20-23(14(12)22-17(21-13)28-6-3)9-7-19-15(24)16(25)27-5-2/h11H,4-10H2,1-3H3,(H,19,24)(H,18,21,22). The zero-order chi connectivity index (χ0) is 20.4. The Balaban J connectivity index is 2.10. The van der Waals surface area contributed by atoms with Crippen molar-refractivity contribution in [3.63, 3.8) is 0 Å². The molecule has 2 rings (SSSR count). The van der Waals surface area contributed by atoms with E-state index in [0.29, 0.717) is 42.9 Å². The molecule has 0 aliphatic rings. The molecule has 1 amide bonds. The molecular formula is C17H26N6O4S. The van der Waals surface area contributed by atoms with Crippen LogP contribution in [0.3, 0.4) is 0 Å². The lowest BCUT2D eigenvalue weighted by atomic mass is 10.4. The van der Waals surface area contributed by atoms with E-state index in [1.54, 1.807) is 17.8 Å². The van der Waals surface area contributed by atoms with Crippen molar-refractivity contribution in [1.29, 1.82) is 0 Å². The molecule has 0 saturated carbocycles. The number of thioether (sulfide) groups is 1. The third kappa shape index (κ3) is 6.06. The number of amides is 1. The van der Waals surface area contributed by atoms with E-state index in [2.05, 4.69) is 30.4 Å². The van der Waals surface area contributed by atoms with Crippen LogP contribution in [0.5, 0.6) is 0 Å². The molecule has 0 aliphatic carbocycles. The van der Waals surface area contributed by atoms with Gasteiger partial charge in [-0.1, -0.05) is 18.7 Å². The third-order valence-electron chi connectivity index (χ3n) is 3.56. The van der Waals surface area contributed by atoms with Gasteiger partial charge < -0.3 is 20.1 Å². The van der Waals surface area contributed by atoms with Crippen LogP contribution in [0, 0.1) is 0 Å². The van der Waals surface area contributed by atoms with E-state index in [0.717, 1.165) is 11.1 Å². The molecule has 2 heterocycles. The molecule has 10 nitrogen and oxygen atoms in total. The highest BCUT2D eigenvalue weighted by Crippen LogP contribution is 2.24. The Bertz CT molecular complexity index is 797. The first kappa shape index (κ1) is 21.9. The fourth-order valence-corrected chi connectivity index (χ4v) is 2.92. The summed E-state index contributed by atoms with van der Waals surface area (Å²) in [5, 5.41) is 11.6. The number of anilines is 1. The maximum Gasteiger partial charge on any atom is 0.396 e. The third-order valence-corrected chi connectivity index (χ3v) is 4.29. The van der Waals surface area contributed by atoms with Crippen LogP contribution in [0.4, 0.5) is 5.82 Å². The molecule has 2 N–H and O–H groups in total. The lowest BCUT2D eigenvalue weighted by Gasteiger charge is -2.09. The minimum absolute atomic E-state index is 0.157. The average Bonchev–Trinajstić information content (AvgIpc) is 3.08.